The molecule has 1 aromatic heterocycles. The minimum atomic E-state index is -3.06. The third-order valence-corrected chi connectivity index (χ3v) is 9.83. The summed E-state index contributed by atoms with van der Waals surface area (Å²) in [5, 5.41) is 7.33. The van der Waals surface area contributed by atoms with Crippen molar-refractivity contribution in [3.05, 3.63) is 70.6 Å². The van der Waals surface area contributed by atoms with Gasteiger partial charge in [-0.15, -0.1) is 0 Å². The van der Waals surface area contributed by atoms with Gasteiger partial charge < -0.3 is 10.2 Å². The Kier molecular flexibility index (Phi) is 6.39. The van der Waals surface area contributed by atoms with Gasteiger partial charge in [0.2, 0.25) is 0 Å². The van der Waals surface area contributed by atoms with Crippen molar-refractivity contribution >= 4 is 26.8 Å². The van der Waals surface area contributed by atoms with E-state index >= 15 is 0 Å². The average molecular weight is 539 g/mol. The van der Waals surface area contributed by atoms with Crippen LogP contribution >= 0.6 is 0 Å². The van der Waals surface area contributed by atoms with Crippen LogP contribution in [0.2, 0.25) is 0 Å². The number of allylic oxidation sites excluding steroid dienone is 2. The maximum Gasteiger partial charge on any atom is 0.264 e. The van der Waals surface area contributed by atoms with E-state index in [-0.39, 0.29) is 10.8 Å². The van der Waals surface area contributed by atoms with Crippen LogP contribution in [0.4, 0.5) is 20.2 Å². The molecule has 1 unspecified atom stereocenters. The van der Waals surface area contributed by atoms with Crippen LogP contribution in [0.1, 0.15) is 59.9 Å². The standard InChI is InChI=1S/C29H32F2N4O2S/c1-34-17-22(15-33-34)24-11-19-4-3-9-35(27(19)13-25(24)29(30)31)28-12-20(10-21-14-32-16-26(21)28)18-5-7-23(8-6-18)38(2,36)37/h5,10-13,15,17,23,29,32H,3-4,6-9,14,16H2,1-2H3. The third kappa shape index (κ3) is 4.56. The van der Waals surface area contributed by atoms with Crippen LogP contribution in [0.5, 0.6) is 0 Å². The molecule has 0 saturated heterocycles. The van der Waals surface area contributed by atoms with Gasteiger partial charge in [-0.25, -0.2) is 17.2 Å². The third-order valence-electron chi connectivity index (χ3n) is 8.19. The minimum absolute atomic E-state index is 0.0244. The summed E-state index contributed by atoms with van der Waals surface area (Å²) in [7, 11) is -1.27. The van der Waals surface area contributed by atoms with Gasteiger partial charge in [-0.2, -0.15) is 5.10 Å². The number of halogens is 2. The lowest BCUT2D eigenvalue weighted by atomic mass is 9.89. The van der Waals surface area contributed by atoms with Crippen molar-refractivity contribution in [2.45, 2.75) is 56.9 Å². The molecule has 6 rings (SSSR count). The van der Waals surface area contributed by atoms with Gasteiger partial charge in [-0.05, 0) is 89.8 Å². The molecular formula is C29H32F2N4O2S. The number of alkyl halides is 2. The quantitative estimate of drug-likeness (QED) is 0.452. The lowest BCUT2D eigenvalue weighted by Gasteiger charge is -2.34. The fourth-order valence-corrected chi connectivity index (χ4v) is 7.17. The molecule has 3 aromatic rings. The van der Waals surface area contributed by atoms with E-state index in [2.05, 4.69) is 33.5 Å². The van der Waals surface area contributed by atoms with Crippen LogP contribution < -0.4 is 10.2 Å². The summed E-state index contributed by atoms with van der Waals surface area (Å²) < 4.78 is 54.4. The second-order valence-corrected chi connectivity index (χ2v) is 13.0. The molecule has 0 bridgehead atoms. The summed E-state index contributed by atoms with van der Waals surface area (Å²) in [6, 6.07) is 8.01. The zero-order valence-corrected chi connectivity index (χ0v) is 22.5. The van der Waals surface area contributed by atoms with E-state index in [1.165, 1.54) is 23.0 Å². The number of nitrogens with zero attached hydrogens (tertiary/aromatic N) is 3. The molecule has 0 amide bonds. The van der Waals surface area contributed by atoms with Gasteiger partial charge in [0, 0.05) is 61.6 Å². The van der Waals surface area contributed by atoms with E-state index in [0.717, 1.165) is 55.0 Å². The Balaban J connectivity index is 1.44. The van der Waals surface area contributed by atoms with Gasteiger partial charge in [0.25, 0.3) is 6.43 Å². The molecular weight excluding hydrogens is 506 g/mol. The summed E-state index contributed by atoms with van der Waals surface area (Å²) in [5.41, 5.74) is 8.94. The number of aryl methyl sites for hydroxylation is 2. The molecule has 0 radical (unpaired) electrons. The van der Waals surface area contributed by atoms with Crippen molar-refractivity contribution in [2.24, 2.45) is 7.05 Å². The lowest BCUT2D eigenvalue weighted by Crippen LogP contribution is -2.26. The number of hydrogen-bond donors (Lipinski definition) is 1. The van der Waals surface area contributed by atoms with Gasteiger partial charge >= 0.3 is 0 Å². The Labute approximate surface area is 222 Å². The first-order valence-corrected chi connectivity index (χ1v) is 15.1. The van der Waals surface area contributed by atoms with E-state index in [9.17, 15) is 17.2 Å². The van der Waals surface area contributed by atoms with E-state index in [1.807, 2.05) is 6.07 Å². The highest BCUT2D eigenvalue weighted by Gasteiger charge is 2.29. The van der Waals surface area contributed by atoms with Gasteiger partial charge in [0.15, 0.2) is 9.84 Å². The zero-order chi connectivity index (χ0) is 26.6. The first kappa shape index (κ1) is 25.2. The number of anilines is 2. The van der Waals surface area contributed by atoms with Crippen molar-refractivity contribution in [1.29, 1.82) is 0 Å². The second kappa shape index (κ2) is 9.61. The number of rotatable bonds is 5. The molecule has 0 saturated carbocycles. The van der Waals surface area contributed by atoms with E-state index in [1.54, 1.807) is 30.2 Å². The molecule has 3 heterocycles. The van der Waals surface area contributed by atoms with Crippen molar-refractivity contribution < 1.29 is 17.2 Å². The van der Waals surface area contributed by atoms with Crippen LogP contribution in [0.15, 0.2) is 42.7 Å². The van der Waals surface area contributed by atoms with Gasteiger partial charge in [0.05, 0.1) is 11.4 Å². The molecule has 200 valence electrons. The fraction of sp³-hybridized carbons (Fsp3) is 0.414. The van der Waals surface area contributed by atoms with Gasteiger partial charge in [0.1, 0.15) is 0 Å². The Morgan fingerprint density at radius 1 is 1.05 bits per heavy atom. The first-order chi connectivity index (χ1) is 18.2. The van der Waals surface area contributed by atoms with Gasteiger partial charge in [-0.1, -0.05) is 6.08 Å². The van der Waals surface area contributed by atoms with Gasteiger partial charge in [-0.3, -0.25) is 4.68 Å². The van der Waals surface area contributed by atoms with Crippen molar-refractivity contribution in [1.82, 2.24) is 15.1 Å². The molecule has 6 nitrogen and oxygen atoms in total. The number of nitrogens with one attached hydrogen (secondary N) is 1. The van der Waals surface area contributed by atoms with Crippen LogP contribution in [-0.2, 0) is 36.4 Å². The zero-order valence-electron chi connectivity index (χ0n) is 21.7. The smallest absolute Gasteiger partial charge is 0.264 e. The highest BCUT2D eigenvalue weighted by molar-refractivity contribution is 7.91. The Morgan fingerprint density at radius 2 is 1.89 bits per heavy atom. The van der Waals surface area contributed by atoms with Crippen LogP contribution in [0, 0.1) is 0 Å². The molecule has 2 aromatic carbocycles. The molecule has 1 N–H and O–H groups in total. The summed E-state index contributed by atoms with van der Waals surface area (Å²) in [6.07, 6.45) is 7.83. The normalized spacial score (nSPS) is 19.4. The second-order valence-electron chi connectivity index (χ2n) is 10.7. The molecule has 3 aliphatic rings. The molecule has 38 heavy (non-hydrogen) atoms. The predicted molar refractivity (Wildman–Crippen MR) is 146 cm³/mol. The number of benzene rings is 2. The van der Waals surface area contributed by atoms with Crippen LogP contribution in [0.25, 0.3) is 16.7 Å². The monoisotopic (exact) mass is 538 g/mol. The SMILES string of the molecule is Cn1cc(-c2cc3c(cc2C(F)F)N(c2cc(C4=CCC(S(C)(=O)=O)CC4)cc4c2CNC4)CCC3)cn1. The predicted octanol–water partition coefficient (Wildman–Crippen LogP) is 5.69. The van der Waals surface area contributed by atoms with Crippen LogP contribution in [-0.4, -0.2) is 36.2 Å². The molecule has 1 aliphatic carbocycles. The van der Waals surface area contributed by atoms with E-state index in [0.29, 0.717) is 30.4 Å². The number of sulfone groups is 1. The molecule has 1 atom stereocenters. The minimum Gasteiger partial charge on any atom is -0.341 e. The Hall–Kier alpha value is -3.04. The van der Waals surface area contributed by atoms with Crippen molar-refractivity contribution in [2.75, 3.05) is 17.7 Å². The maximum atomic E-state index is 14.4. The number of fused-ring (bicyclic) bond motifs is 2. The van der Waals surface area contributed by atoms with Crippen molar-refractivity contribution in [3.63, 3.8) is 0 Å². The van der Waals surface area contributed by atoms with E-state index in [4.69, 9.17) is 0 Å². The Bertz CT molecular complexity index is 1540. The highest BCUT2D eigenvalue weighted by Crippen LogP contribution is 2.44. The highest BCUT2D eigenvalue weighted by atomic mass is 32.2. The topological polar surface area (TPSA) is 67.2 Å². The summed E-state index contributed by atoms with van der Waals surface area (Å²) in [4.78, 5) is 2.22. The van der Waals surface area contributed by atoms with Crippen molar-refractivity contribution in [3.8, 4) is 11.1 Å². The van der Waals surface area contributed by atoms with E-state index < -0.39 is 16.3 Å². The largest absolute Gasteiger partial charge is 0.341 e. The summed E-state index contributed by atoms with van der Waals surface area (Å²) in [6.45, 7) is 2.26. The average Bonchev–Trinajstić information content (AvgIpc) is 3.55. The summed E-state index contributed by atoms with van der Waals surface area (Å²) in [5.74, 6) is 0. The maximum absolute atomic E-state index is 14.4. The summed E-state index contributed by atoms with van der Waals surface area (Å²) >= 11 is 0. The molecule has 0 spiro atoms. The van der Waals surface area contributed by atoms with Crippen LogP contribution in [0.3, 0.4) is 0 Å². The number of aromatic nitrogens is 2. The fourth-order valence-electron chi connectivity index (χ4n) is 6.18. The lowest BCUT2D eigenvalue weighted by molar-refractivity contribution is 0.152. The number of hydrogen-bond acceptors (Lipinski definition) is 5. The molecule has 0 fully saturated rings. The molecule has 2 aliphatic heterocycles. The first-order valence-electron chi connectivity index (χ1n) is 13.2. The Morgan fingerprint density at radius 3 is 2.58 bits per heavy atom. The molecule has 9 heteroatoms.